The van der Waals surface area contributed by atoms with Gasteiger partial charge < -0.3 is 20.7 Å². The molecule has 38 heavy (non-hydrogen) atoms. The minimum atomic E-state index is -0.848. The molecule has 0 aromatic heterocycles. The lowest BCUT2D eigenvalue weighted by Gasteiger charge is -2.21. The van der Waals surface area contributed by atoms with Crippen LogP contribution in [-0.4, -0.2) is 48.3 Å². The van der Waals surface area contributed by atoms with E-state index < -0.39 is 23.8 Å². The zero-order valence-corrected chi connectivity index (χ0v) is 23.2. The smallest absolute Gasteiger partial charge is 0.313 e. The van der Waals surface area contributed by atoms with Crippen molar-refractivity contribution in [1.82, 2.24) is 10.6 Å². The second kappa shape index (κ2) is 16.3. The van der Waals surface area contributed by atoms with E-state index in [2.05, 4.69) is 16.0 Å². The van der Waals surface area contributed by atoms with E-state index in [4.69, 9.17) is 4.74 Å². The highest BCUT2D eigenvalue weighted by atomic mass is 16.5. The SMILES string of the molecule is CC(C)C[C@@H](C)C(=O)N[C@@H](C)C(=O)C[C@@H](CNC=O)C(=O)Nc1ccc(COC(=O)CC(=O)C(C)C)cc1. The quantitative estimate of drug-likeness (QED) is 0.159. The van der Waals surface area contributed by atoms with Crippen molar-refractivity contribution in [3.05, 3.63) is 29.8 Å². The molecule has 3 N–H and O–H groups in total. The molecule has 10 nitrogen and oxygen atoms in total. The summed E-state index contributed by atoms with van der Waals surface area (Å²) in [7, 11) is 0. The summed E-state index contributed by atoms with van der Waals surface area (Å²) < 4.78 is 5.12. The average Bonchev–Trinajstić information content (AvgIpc) is 2.85. The van der Waals surface area contributed by atoms with Crippen molar-refractivity contribution in [2.75, 3.05) is 11.9 Å². The first kappa shape index (κ1) is 32.5. The first-order valence-electron chi connectivity index (χ1n) is 12.9. The highest BCUT2D eigenvalue weighted by Gasteiger charge is 2.26. The van der Waals surface area contributed by atoms with E-state index in [1.165, 1.54) is 0 Å². The third-order valence-corrected chi connectivity index (χ3v) is 5.96. The summed E-state index contributed by atoms with van der Waals surface area (Å²) in [5.74, 6) is -2.79. The standard InChI is InChI=1S/C28H41N3O7/c1-17(2)11-19(5)27(36)30-20(6)25(34)12-22(14-29-16-32)28(37)31-23-9-7-21(8-10-23)15-38-26(35)13-24(33)18(3)4/h7-10,16-20,22H,11-15H2,1-6H3,(H,29,32)(H,30,36)(H,31,37)/t19-,20+,22+/m1/s1. The number of ether oxygens (including phenoxy) is 1. The van der Waals surface area contributed by atoms with Gasteiger partial charge in [0.15, 0.2) is 5.78 Å². The van der Waals surface area contributed by atoms with Crippen molar-refractivity contribution in [2.45, 2.75) is 73.5 Å². The molecule has 3 amide bonds. The van der Waals surface area contributed by atoms with Crippen LogP contribution in [0.25, 0.3) is 0 Å². The van der Waals surface area contributed by atoms with E-state index in [9.17, 15) is 28.8 Å². The van der Waals surface area contributed by atoms with Crippen molar-refractivity contribution in [3.8, 4) is 0 Å². The summed E-state index contributed by atoms with van der Waals surface area (Å²) in [5, 5.41) is 7.87. The van der Waals surface area contributed by atoms with Gasteiger partial charge >= 0.3 is 5.97 Å². The molecule has 0 saturated heterocycles. The van der Waals surface area contributed by atoms with Crippen LogP contribution in [0.1, 0.15) is 66.4 Å². The van der Waals surface area contributed by atoms with E-state index in [0.717, 1.165) is 0 Å². The number of carbonyl (C=O) groups is 6. The molecule has 0 heterocycles. The number of benzene rings is 1. The molecule has 210 valence electrons. The van der Waals surface area contributed by atoms with Gasteiger partial charge in [0.25, 0.3) is 0 Å². The Morgan fingerprint density at radius 1 is 0.895 bits per heavy atom. The predicted octanol–water partition coefficient (Wildman–Crippen LogP) is 2.79. The lowest BCUT2D eigenvalue weighted by molar-refractivity contribution is -0.147. The van der Waals surface area contributed by atoms with Crippen LogP contribution in [0.4, 0.5) is 5.69 Å². The van der Waals surface area contributed by atoms with E-state index in [1.807, 2.05) is 13.8 Å². The minimum absolute atomic E-state index is 0.0157. The molecule has 1 aromatic rings. The van der Waals surface area contributed by atoms with Crippen LogP contribution in [-0.2, 0) is 40.1 Å². The number of hydrogen-bond donors (Lipinski definition) is 3. The second-order valence-corrected chi connectivity index (χ2v) is 10.3. The zero-order chi connectivity index (χ0) is 28.8. The van der Waals surface area contributed by atoms with Crippen LogP contribution >= 0.6 is 0 Å². The number of anilines is 1. The molecule has 0 unspecified atom stereocenters. The molecular formula is C28H41N3O7. The summed E-state index contributed by atoms with van der Waals surface area (Å²) >= 11 is 0. The predicted molar refractivity (Wildman–Crippen MR) is 143 cm³/mol. The van der Waals surface area contributed by atoms with E-state index in [1.54, 1.807) is 52.0 Å². The van der Waals surface area contributed by atoms with Crippen LogP contribution in [0.5, 0.6) is 0 Å². The maximum Gasteiger partial charge on any atom is 0.313 e. The molecule has 1 aromatic carbocycles. The molecular weight excluding hydrogens is 490 g/mol. The third-order valence-electron chi connectivity index (χ3n) is 5.96. The van der Waals surface area contributed by atoms with Crippen molar-refractivity contribution < 1.29 is 33.5 Å². The van der Waals surface area contributed by atoms with Crippen molar-refractivity contribution in [1.29, 1.82) is 0 Å². The summed E-state index contributed by atoms with van der Waals surface area (Å²) in [4.78, 5) is 72.3. The molecule has 0 aliphatic rings. The number of carbonyl (C=O) groups excluding carboxylic acids is 6. The molecule has 0 spiro atoms. The van der Waals surface area contributed by atoms with Crippen LogP contribution in [0.15, 0.2) is 24.3 Å². The Labute approximate surface area is 224 Å². The molecule has 0 fully saturated rings. The Morgan fingerprint density at radius 2 is 1.53 bits per heavy atom. The topological polar surface area (TPSA) is 148 Å². The Hall–Kier alpha value is -3.56. The van der Waals surface area contributed by atoms with Gasteiger partial charge in [-0.05, 0) is 37.0 Å². The lowest BCUT2D eigenvalue weighted by Crippen LogP contribution is -2.43. The lowest BCUT2D eigenvalue weighted by atomic mass is 9.96. The molecule has 0 radical (unpaired) electrons. The Morgan fingerprint density at radius 3 is 2.08 bits per heavy atom. The normalized spacial score (nSPS) is 13.3. The summed E-state index contributed by atoms with van der Waals surface area (Å²) in [6, 6.07) is 5.78. The molecule has 10 heteroatoms. The number of ketones is 2. The van der Waals surface area contributed by atoms with Crippen LogP contribution in [0, 0.1) is 23.7 Å². The van der Waals surface area contributed by atoms with Crippen molar-refractivity contribution in [3.63, 3.8) is 0 Å². The molecule has 0 saturated carbocycles. The minimum Gasteiger partial charge on any atom is -0.460 e. The highest BCUT2D eigenvalue weighted by molar-refractivity contribution is 5.98. The van der Waals surface area contributed by atoms with Gasteiger partial charge in [0.1, 0.15) is 18.8 Å². The van der Waals surface area contributed by atoms with E-state index in [-0.39, 0.29) is 55.3 Å². The number of rotatable bonds is 17. The van der Waals surface area contributed by atoms with Gasteiger partial charge in [0, 0.05) is 30.5 Å². The summed E-state index contributed by atoms with van der Waals surface area (Å²) in [6.07, 6.45) is 0.699. The first-order chi connectivity index (χ1) is 17.8. The zero-order valence-electron chi connectivity index (χ0n) is 23.2. The van der Waals surface area contributed by atoms with Crippen LogP contribution < -0.4 is 16.0 Å². The Balaban J connectivity index is 2.70. The van der Waals surface area contributed by atoms with Gasteiger partial charge in [-0.1, -0.05) is 46.8 Å². The number of esters is 1. The third kappa shape index (κ3) is 12.1. The van der Waals surface area contributed by atoms with Crippen LogP contribution in [0.3, 0.4) is 0 Å². The molecule has 3 atom stereocenters. The monoisotopic (exact) mass is 531 g/mol. The van der Waals surface area contributed by atoms with Crippen LogP contribution in [0.2, 0.25) is 0 Å². The second-order valence-electron chi connectivity index (χ2n) is 10.3. The maximum absolute atomic E-state index is 12.9. The van der Waals surface area contributed by atoms with Gasteiger partial charge in [0.2, 0.25) is 18.2 Å². The Bertz CT molecular complexity index is 973. The van der Waals surface area contributed by atoms with Gasteiger partial charge in [-0.3, -0.25) is 28.8 Å². The Kier molecular flexibility index (Phi) is 13.9. The largest absolute Gasteiger partial charge is 0.460 e. The fraction of sp³-hybridized carbons (Fsp3) is 0.571. The molecule has 0 bridgehead atoms. The molecule has 0 aliphatic heterocycles. The molecule has 1 rings (SSSR count). The van der Waals surface area contributed by atoms with Gasteiger partial charge in [-0.2, -0.15) is 0 Å². The highest BCUT2D eigenvalue weighted by Crippen LogP contribution is 2.15. The van der Waals surface area contributed by atoms with Crippen molar-refractivity contribution >= 4 is 41.4 Å². The first-order valence-corrected chi connectivity index (χ1v) is 12.9. The van der Waals surface area contributed by atoms with E-state index in [0.29, 0.717) is 30.0 Å². The fourth-order valence-electron chi connectivity index (χ4n) is 3.61. The van der Waals surface area contributed by atoms with E-state index >= 15 is 0 Å². The fourth-order valence-corrected chi connectivity index (χ4v) is 3.61. The maximum atomic E-state index is 12.9. The van der Waals surface area contributed by atoms with Gasteiger partial charge in [-0.25, -0.2) is 0 Å². The van der Waals surface area contributed by atoms with Crippen molar-refractivity contribution in [2.24, 2.45) is 23.7 Å². The number of hydrogen-bond acceptors (Lipinski definition) is 7. The van der Waals surface area contributed by atoms with Gasteiger partial charge in [0.05, 0.1) is 12.0 Å². The summed E-state index contributed by atoms with van der Waals surface area (Å²) in [5.41, 5.74) is 1.12. The number of amides is 3. The molecule has 0 aliphatic carbocycles. The van der Waals surface area contributed by atoms with Gasteiger partial charge in [-0.15, -0.1) is 0 Å². The number of Topliss-reactive ketones (excluding diaryl/α,β-unsaturated/α-hetero) is 2. The average molecular weight is 532 g/mol. The number of nitrogens with one attached hydrogen (secondary N) is 3. The summed E-state index contributed by atoms with van der Waals surface area (Å²) in [6.45, 7) is 10.8.